The predicted octanol–water partition coefficient (Wildman–Crippen LogP) is 14.1. The molecule has 2 aliphatic carbocycles. The Hall–Kier alpha value is -5.88. The second-order valence-electron chi connectivity index (χ2n) is 18.2. The Bertz CT molecular complexity index is 2570. The van der Waals surface area contributed by atoms with Gasteiger partial charge in [-0.2, -0.15) is 0 Å². The molecule has 6 nitrogen and oxygen atoms in total. The number of rotatable bonds is 8. The molecule has 5 aromatic carbocycles. The van der Waals surface area contributed by atoms with Crippen LogP contribution in [-0.4, -0.2) is 29.9 Å². The van der Waals surface area contributed by atoms with Gasteiger partial charge in [-0.05, 0) is 114 Å². The van der Waals surface area contributed by atoms with Crippen molar-refractivity contribution in [2.24, 2.45) is 0 Å². The van der Waals surface area contributed by atoms with E-state index in [1.165, 1.54) is 86.5 Å². The monoisotopic (exact) mass is 788 g/mol. The molecular weight excluding hydrogens is 733 g/mol. The highest BCUT2D eigenvalue weighted by Gasteiger charge is 2.23. The van der Waals surface area contributed by atoms with Crippen molar-refractivity contribution >= 4 is 0 Å². The van der Waals surface area contributed by atoms with Crippen molar-refractivity contribution in [2.75, 3.05) is 0 Å². The molecule has 0 N–H and O–H groups in total. The van der Waals surface area contributed by atoms with Crippen molar-refractivity contribution in [1.29, 1.82) is 0 Å². The van der Waals surface area contributed by atoms with Gasteiger partial charge in [-0.25, -0.2) is 29.9 Å². The molecule has 0 spiro atoms. The molecule has 2 saturated carbocycles. The Morgan fingerprint density at radius 3 is 1.28 bits per heavy atom. The van der Waals surface area contributed by atoms with Gasteiger partial charge in [0.25, 0.3) is 0 Å². The van der Waals surface area contributed by atoms with Crippen molar-refractivity contribution in [3.63, 3.8) is 0 Å². The van der Waals surface area contributed by atoms with Crippen LogP contribution in [0.5, 0.6) is 0 Å². The first kappa shape index (κ1) is 39.6. The maximum atomic E-state index is 5.16. The standard InChI is InChI=1S/C54H56N6/c1-35-55-36(2)57-51(56-35)42-25-16-26-43(28-42)53-59-50(39-21-13-8-14-22-39)58-52(60-53)41-24-15-23-40(27-41)47-32-48(34-49(33-47)54(3,4)5)46-30-44(37-17-9-6-10-18-37)29-45(31-46)38-19-11-7-12-20-38/h8,13-16,21-34,37-38H,6-7,9-12,17-20H2,1-5H3. The predicted molar refractivity (Wildman–Crippen MR) is 246 cm³/mol. The van der Waals surface area contributed by atoms with Crippen LogP contribution in [0.4, 0.5) is 0 Å². The summed E-state index contributed by atoms with van der Waals surface area (Å²) in [5, 5.41) is 0. The molecule has 0 aliphatic heterocycles. The number of nitrogens with zero attached hydrogens (tertiary/aromatic N) is 6. The summed E-state index contributed by atoms with van der Waals surface area (Å²) < 4.78 is 0. The first-order valence-corrected chi connectivity index (χ1v) is 22.2. The summed E-state index contributed by atoms with van der Waals surface area (Å²) in [6.45, 7) is 10.8. The van der Waals surface area contributed by atoms with Crippen molar-refractivity contribution in [3.05, 3.63) is 144 Å². The fourth-order valence-corrected chi connectivity index (χ4v) is 9.31. The maximum absolute atomic E-state index is 5.16. The quantitative estimate of drug-likeness (QED) is 0.153. The first-order chi connectivity index (χ1) is 29.1. The van der Waals surface area contributed by atoms with E-state index in [1.54, 1.807) is 11.1 Å². The average molecular weight is 789 g/mol. The molecule has 2 aromatic heterocycles. The Morgan fingerprint density at radius 1 is 0.367 bits per heavy atom. The zero-order valence-electron chi connectivity index (χ0n) is 35.9. The van der Waals surface area contributed by atoms with E-state index in [9.17, 15) is 0 Å². The van der Waals surface area contributed by atoms with Crippen LogP contribution >= 0.6 is 0 Å². The lowest BCUT2D eigenvalue weighted by Crippen LogP contribution is -2.11. The van der Waals surface area contributed by atoms with E-state index < -0.39 is 0 Å². The van der Waals surface area contributed by atoms with Crippen molar-refractivity contribution < 1.29 is 0 Å². The highest BCUT2D eigenvalue weighted by molar-refractivity contribution is 5.78. The molecule has 0 amide bonds. The summed E-state index contributed by atoms with van der Waals surface area (Å²) in [5.41, 5.74) is 13.0. The summed E-state index contributed by atoms with van der Waals surface area (Å²) >= 11 is 0. The molecule has 2 fully saturated rings. The van der Waals surface area contributed by atoms with Gasteiger partial charge in [0, 0.05) is 22.3 Å². The zero-order valence-corrected chi connectivity index (χ0v) is 35.9. The third-order valence-electron chi connectivity index (χ3n) is 12.6. The van der Waals surface area contributed by atoms with Gasteiger partial charge in [0.05, 0.1) is 0 Å². The minimum atomic E-state index is -0.0313. The molecule has 9 rings (SSSR count). The largest absolute Gasteiger partial charge is 0.219 e. The van der Waals surface area contributed by atoms with Crippen molar-refractivity contribution in [2.45, 2.75) is 116 Å². The Labute approximate surface area is 356 Å². The Morgan fingerprint density at radius 2 is 0.767 bits per heavy atom. The van der Waals surface area contributed by atoms with Crippen LogP contribution in [0.15, 0.2) is 115 Å². The highest BCUT2D eigenvalue weighted by atomic mass is 15.0. The Balaban J connectivity index is 1.15. The van der Waals surface area contributed by atoms with Crippen molar-refractivity contribution in [3.8, 4) is 67.8 Å². The molecule has 302 valence electrons. The summed E-state index contributed by atoms with van der Waals surface area (Å²) in [6.07, 6.45) is 13.3. The number of hydrogen-bond donors (Lipinski definition) is 0. The zero-order chi connectivity index (χ0) is 41.2. The fourth-order valence-electron chi connectivity index (χ4n) is 9.31. The molecule has 7 aromatic rings. The second kappa shape index (κ2) is 17.0. The second-order valence-corrected chi connectivity index (χ2v) is 18.2. The number of aromatic nitrogens is 6. The third kappa shape index (κ3) is 8.84. The molecule has 60 heavy (non-hydrogen) atoms. The summed E-state index contributed by atoms with van der Waals surface area (Å²) in [4.78, 5) is 29.0. The van der Waals surface area contributed by atoms with E-state index in [1.807, 2.05) is 50.2 Å². The summed E-state index contributed by atoms with van der Waals surface area (Å²) in [7, 11) is 0. The fraction of sp³-hybridized carbons (Fsp3) is 0.333. The lowest BCUT2D eigenvalue weighted by Gasteiger charge is -2.27. The first-order valence-electron chi connectivity index (χ1n) is 22.2. The van der Waals surface area contributed by atoms with Crippen LogP contribution in [0.25, 0.3) is 67.8 Å². The smallest absolute Gasteiger partial charge is 0.164 e. The summed E-state index contributed by atoms with van der Waals surface area (Å²) in [6, 6.07) is 42.0. The van der Waals surface area contributed by atoms with Gasteiger partial charge in [-0.3, -0.25) is 0 Å². The van der Waals surface area contributed by atoms with Gasteiger partial charge < -0.3 is 0 Å². The number of benzene rings is 5. The van der Waals surface area contributed by atoms with E-state index in [2.05, 4.69) is 115 Å². The average Bonchev–Trinajstić information content (AvgIpc) is 3.29. The number of aryl methyl sites for hydroxylation is 2. The molecule has 2 heterocycles. The SMILES string of the molecule is Cc1nc(C)nc(-c2cccc(-c3nc(-c4ccccc4)nc(-c4cccc(-c5cc(-c6cc(C7CCCCC7)cc(C7CCCCC7)c6)cc(C(C)(C)C)c5)c4)n3)c2)n1. The van der Waals surface area contributed by atoms with Gasteiger partial charge in [-0.1, -0.05) is 156 Å². The van der Waals surface area contributed by atoms with Crippen LogP contribution in [0.1, 0.15) is 125 Å². The molecule has 6 heteroatoms. The Kier molecular flexibility index (Phi) is 11.2. The topological polar surface area (TPSA) is 77.3 Å². The molecule has 2 aliphatic rings. The maximum Gasteiger partial charge on any atom is 0.164 e. The minimum absolute atomic E-state index is 0.0313. The normalized spacial score (nSPS) is 15.3. The summed E-state index contributed by atoms with van der Waals surface area (Å²) in [5.74, 6) is 5.18. The molecule has 0 bridgehead atoms. The van der Waals surface area contributed by atoms with Crippen LogP contribution in [0.3, 0.4) is 0 Å². The lowest BCUT2D eigenvalue weighted by molar-refractivity contribution is 0.435. The van der Waals surface area contributed by atoms with E-state index >= 15 is 0 Å². The van der Waals surface area contributed by atoms with Crippen molar-refractivity contribution in [1.82, 2.24) is 29.9 Å². The lowest BCUT2D eigenvalue weighted by atomic mass is 9.78. The van der Waals surface area contributed by atoms with E-state index in [-0.39, 0.29) is 5.41 Å². The van der Waals surface area contributed by atoms with Gasteiger partial charge in [0.15, 0.2) is 23.3 Å². The highest BCUT2D eigenvalue weighted by Crippen LogP contribution is 2.42. The van der Waals surface area contributed by atoms with E-state index in [4.69, 9.17) is 15.0 Å². The minimum Gasteiger partial charge on any atom is -0.219 e. The molecule has 0 radical (unpaired) electrons. The van der Waals surface area contributed by atoms with Crippen LogP contribution in [0.2, 0.25) is 0 Å². The molecular formula is C54H56N6. The van der Waals surface area contributed by atoms with Gasteiger partial charge in [-0.15, -0.1) is 0 Å². The van der Waals surface area contributed by atoms with Crippen LogP contribution < -0.4 is 0 Å². The third-order valence-corrected chi connectivity index (χ3v) is 12.6. The molecule has 0 atom stereocenters. The van der Waals surface area contributed by atoms with Crippen LogP contribution in [-0.2, 0) is 5.41 Å². The van der Waals surface area contributed by atoms with E-state index in [0.29, 0.717) is 46.8 Å². The van der Waals surface area contributed by atoms with E-state index in [0.717, 1.165) is 27.8 Å². The van der Waals surface area contributed by atoms with Crippen LogP contribution in [0, 0.1) is 13.8 Å². The molecule has 0 unspecified atom stereocenters. The van der Waals surface area contributed by atoms with Gasteiger partial charge >= 0.3 is 0 Å². The van der Waals surface area contributed by atoms with Gasteiger partial charge in [0.1, 0.15) is 11.6 Å². The molecule has 0 saturated heterocycles. The number of hydrogen-bond acceptors (Lipinski definition) is 6. The van der Waals surface area contributed by atoms with Gasteiger partial charge in [0.2, 0.25) is 0 Å².